The quantitative estimate of drug-likeness (QED) is 0.862. The van der Waals surface area contributed by atoms with Crippen LogP contribution in [-0.2, 0) is 0 Å². The minimum absolute atomic E-state index is 0.00316. The van der Waals surface area contributed by atoms with Gasteiger partial charge < -0.3 is 10.1 Å². The first-order valence-corrected chi connectivity index (χ1v) is 5.66. The van der Waals surface area contributed by atoms with E-state index in [1.807, 2.05) is 0 Å². The Morgan fingerprint density at radius 2 is 2.15 bits per heavy atom. The van der Waals surface area contributed by atoms with Crippen molar-refractivity contribution in [2.24, 2.45) is 0 Å². The van der Waals surface area contributed by atoms with Gasteiger partial charge in [0.1, 0.15) is 5.75 Å². The molecule has 1 aromatic carbocycles. The van der Waals surface area contributed by atoms with E-state index in [-0.39, 0.29) is 11.6 Å². The van der Waals surface area contributed by atoms with E-state index in [0.717, 1.165) is 0 Å². The molecule has 1 aromatic heterocycles. The number of tetrazole rings is 1. The van der Waals surface area contributed by atoms with Crippen molar-refractivity contribution in [2.75, 3.05) is 0 Å². The first-order valence-electron chi connectivity index (χ1n) is 5.66. The molecule has 1 amide bonds. The first kappa shape index (κ1) is 13.8. The highest BCUT2D eigenvalue weighted by molar-refractivity contribution is 5.90. The summed E-state index contributed by atoms with van der Waals surface area (Å²) in [7, 11) is 0. The third-order valence-corrected chi connectivity index (χ3v) is 2.50. The number of H-pyrrole nitrogens is 1. The average molecular weight is 283 g/mol. The number of hydrogen-bond acceptors (Lipinski definition) is 5. The van der Waals surface area contributed by atoms with Gasteiger partial charge in [0.2, 0.25) is 0 Å². The van der Waals surface area contributed by atoms with Crippen molar-refractivity contribution >= 4 is 5.91 Å². The molecule has 1 atom stereocenters. The minimum Gasteiger partial charge on any atom is -0.434 e. The van der Waals surface area contributed by atoms with Gasteiger partial charge >= 0.3 is 6.61 Å². The summed E-state index contributed by atoms with van der Waals surface area (Å²) in [6.45, 7) is -1.30. The van der Waals surface area contributed by atoms with Crippen molar-refractivity contribution in [1.29, 1.82) is 0 Å². The number of amides is 1. The lowest BCUT2D eigenvalue weighted by Gasteiger charge is -2.17. The van der Waals surface area contributed by atoms with Crippen molar-refractivity contribution in [3.8, 4) is 5.75 Å². The van der Waals surface area contributed by atoms with Crippen molar-refractivity contribution in [3.63, 3.8) is 0 Å². The van der Waals surface area contributed by atoms with E-state index in [0.29, 0.717) is 5.56 Å². The third-order valence-electron chi connectivity index (χ3n) is 2.50. The number of carbonyl (C=O) groups is 1. The minimum atomic E-state index is -2.93. The molecule has 0 aliphatic rings. The Morgan fingerprint density at radius 1 is 1.40 bits per heavy atom. The van der Waals surface area contributed by atoms with Crippen LogP contribution >= 0.6 is 0 Å². The van der Waals surface area contributed by atoms with E-state index in [1.54, 1.807) is 25.1 Å². The van der Waals surface area contributed by atoms with E-state index < -0.39 is 18.6 Å². The van der Waals surface area contributed by atoms with Crippen LogP contribution in [0.15, 0.2) is 24.3 Å². The summed E-state index contributed by atoms with van der Waals surface area (Å²) >= 11 is 0. The summed E-state index contributed by atoms with van der Waals surface area (Å²) < 4.78 is 29.0. The summed E-state index contributed by atoms with van der Waals surface area (Å²) in [5.74, 6) is -0.703. The van der Waals surface area contributed by atoms with Crippen molar-refractivity contribution < 1.29 is 18.3 Å². The van der Waals surface area contributed by atoms with Crippen LogP contribution in [0.1, 0.15) is 29.1 Å². The molecule has 0 spiro atoms. The lowest BCUT2D eigenvalue weighted by atomic mass is 10.1. The summed E-state index contributed by atoms with van der Waals surface area (Å²) in [5.41, 5.74) is 0.421. The summed E-state index contributed by atoms with van der Waals surface area (Å²) in [5, 5.41) is 15.0. The van der Waals surface area contributed by atoms with E-state index >= 15 is 0 Å². The second-order valence-electron chi connectivity index (χ2n) is 3.85. The van der Waals surface area contributed by atoms with Crippen LogP contribution in [-0.4, -0.2) is 33.1 Å². The van der Waals surface area contributed by atoms with Gasteiger partial charge in [-0.15, -0.1) is 10.2 Å². The van der Waals surface area contributed by atoms with Crippen LogP contribution in [0.25, 0.3) is 0 Å². The van der Waals surface area contributed by atoms with E-state index in [1.165, 1.54) is 6.07 Å². The highest BCUT2D eigenvalue weighted by Gasteiger charge is 2.18. The van der Waals surface area contributed by atoms with Crippen molar-refractivity contribution in [1.82, 2.24) is 25.9 Å². The summed E-state index contributed by atoms with van der Waals surface area (Å²) in [6, 6.07) is 5.65. The Morgan fingerprint density at radius 3 is 2.80 bits per heavy atom. The molecule has 2 rings (SSSR count). The lowest BCUT2D eigenvalue weighted by Crippen LogP contribution is -2.28. The van der Waals surface area contributed by atoms with Crippen molar-refractivity contribution in [2.45, 2.75) is 19.6 Å². The highest BCUT2D eigenvalue weighted by Crippen LogP contribution is 2.26. The van der Waals surface area contributed by atoms with Crippen LogP contribution in [0.3, 0.4) is 0 Å². The highest BCUT2D eigenvalue weighted by atomic mass is 19.3. The smallest absolute Gasteiger partial charge is 0.387 e. The second-order valence-corrected chi connectivity index (χ2v) is 3.85. The molecule has 1 unspecified atom stereocenters. The van der Waals surface area contributed by atoms with Gasteiger partial charge in [0, 0.05) is 5.56 Å². The second kappa shape index (κ2) is 6.04. The van der Waals surface area contributed by atoms with Gasteiger partial charge in [-0.05, 0) is 18.2 Å². The van der Waals surface area contributed by atoms with Crippen LogP contribution in [0, 0.1) is 0 Å². The van der Waals surface area contributed by atoms with Crippen LogP contribution in [0.5, 0.6) is 5.75 Å². The average Bonchev–Trinajstić information content (AvgIpc) is 2.92. The molecular weight excluding hydrogens is 272 g/mol. The van der Waals surface area contributed by atoms with Gasteiger partial charge in [-0.2, -0.15) is 14.0 Å². The Bertz CT molecular complexity index is 576. The molecule has 2 N–H and O–H groups in total. The van der Waals surface area contributed by atoms with Gasteiger partial charge in [0.15, 0.2) is 0 Å². The van der Waals surface area contributed by atoms with Crippen LogP contribution in [0.2, 0.25) is 0 Å². The molecule has 9 heteroatoms. The molecule has 0 aliphatic heterocycles. The Labute approximate surface area is 112 Å². The van der Waals surface area contributed by atoms with Gasteiger partial charge in [0.25, 0.3) is 11.7 Å². The summed E-state index contributed by atoms with van der Waals surface area (Å²) in [6.07, 6.45) is 0. The van der Waals surface area contributed by atoms with Crippen molar-refractivity contribution in [3.05, 3.63) is 35.7 Å². The number of nitrogens with zero attached hydrogens (tertiary/aromatic N) is 3. The van der Waals surface area contributed by atoms with E-state index in [9.17, 15) is 13.6 Å². The normalized spacial score (nSPS) is 12.2. The number of aromatic amines is 1. The predicted octanol–water partition coefficient (Wildman–Crippen LogP) is 1.29. The van der Waals surface area contributed by atoms with Gasteiger partial charge in [-0.25, -0.2) is 0 Å². The first-order chi connectivity index (χ1) is 9.58. The molecule has 0 saturated carbocycles. The fourth-order valence-corrected chi connectivity index (χ4v) is 1.64. The molecule has 106 valence electrons. The number of benzene rings is 1. The number of ether oxygens (including phenoxy) is 1. The molecule has 2 aromatic rings. The predicted molar refractivity (Wildman–Crippen MR) is 63.1 cm³/mol. The standard InChI is InChI=1S/C11H11F2N5O2/c1-6(14-10(19)9-15-17-18-16-9)7-4-2-3-5-8(7)20-11(12)13/h2-6,11H,1H3,(H,14,19)(H,15,16,17,18). The Balaban J connectivity index is 2.13. The monoisotopic (exact) mass is 283 g/mol. The number of hydrogen-bond donors (Lipinski definition) is 2. The topological polar surface area (TPSA) is 92.8 Å². The lowest BCUT2D eigenvalue weighted by molar-refractivity contribution is -0.0506. The van der Waals surface area contributed by atoms with Gasteiger partial charge in [-0.1, -0.05) is 18.2 Å². The molecule has 0 bridgehead atoms. The van der Waals surface area contributed by atoms with E-state index in [2.05, 4.69) is 30.7 Å². The SMILES string of the molecule is CC(NC(=O)c1nn[nH]n1)c1ccccc1OC(F)F. The zero-order valence-corrected chi connectivity index (χ0v) is 10.4. The van der Waals surface area contributed by atoms with Gasteiger partial charge in [0.05, 0.1) is 6.04 Å². The van der Waals surface area contributed by atoms with Gasteiger partial charge in [-0.3, -0.25) is 4.79 Å². The summed E-state index contributed by atoms with van der Waals surface area (Å²) in [4.78, 5) is 11.7. The molecule has 0 aliphatic carbocycles. The number of carbonyl (C=O) groups excluding carboxylic acids is 1. The Hall–Kier alpha value is -2.58. The third kappa shape index (κ3) is 3.25. The molecular formula is C11H11F2N5O2. The number of aromatic nitrogens is 4. The maximum Gasteiger partial charge on any atom is 0.387 e. The molecule has 0 saturated heterocycles. The number of rotatable bonds is 5. The van der Waals surface area contributed by atoms with Crippen LogP contribution in [0.4, 0.5) is 8.78 Å². The fourth-order valence-electron chi connectivity index (χ4n) is 1.64. The fraction of sp³-hybridized carbons (Fsp3) is 0.273. The molecule has 1 heterocycles. The largest absolute Gasteiger partial charge is 0.434 e. The number of para-hydroxylation sites is 1. The number of nitrogens with one attached hydrogen (secondary N) is 2. The maximum absolute atomic E-state index is 12.3. The number of alkyl halides is 2. The molecule has 20 heavy (non-hydrogen) atoms. The Kier molecular flexibility index (Phi) is 4.18. The van der Waals surface area contributed by atoms with Crippen LogP contribution < -0.4 is 10.1 Å². The maximum atomic E-state index is 12.3. The molecule has 0 radical (unpaired) electrons. The number of halogens is 2. The molecule has 0 fully saturated rings. The zero-order chi connectivity index (χ0) is 14.5. The van der Waals surface area contributed by atoms with E-state index in [4.69, 9.17) is 0 Å². The zero-order valence-electron chi connectivity index (χ0n) is 10.4. The molecule has 7 nitrogen and oxygen atoms in total.